The van der Waals surface area contributed by atoms with Gasteiger partial charge < -0.3 is 10.2 Å². The Labute approximate surface area is 196 Å². The third-order valence-corrected chi connectivity index (χ3v) is 7.85. The van der Waals surface area contributed by atoms with Gasteiger partial charge in [0, 0.05) is 51.2 Å². The van der Waals surface area contributed by atoms with Gasteiger partial charge in [-0.1, -0.05) is 6.07 Å². The normalized spacial score (nSPS) is 18.3. The average molecular weight is 498 g/mol. The number of rotatable bonds is 6. The number of nitrogens with one attached hydrogen (secondary N) is 1. The summed E-state index contributed by atoms with van der Waals surface area (Å²) in [6.07, 6.45) is -1.90. The molecule has 1 amide bonds. The first kappa shape index (κ1) is 24.4. The first-order valence-corrected chi connectivity index (χ1v) is 12.5. The van der Waals surface area contributed by atoms with Crippen LogP contribution in [0.5, 0.6) is 0 Å². The van der Waals surface area contributed by atoms with Crippen LogP contribution in [0.4, 0.5) is 24.7 Å². The first-order chi connectivity index (χ1) is 16.1. The molecule has 0 bridgehead atoms. The van der Waals surface area contributed by atoms with Gasteiger partial charge in [0.2, 0.25) is 15.9 Å². The fourth-order valence-corrected chi connectivity index (χ4v) is 5.65. The first-order valence-electron chi connectivity index (χ1n) is 11.0. The molecule has 0 spiro atoms. The summed E-state index contributed by atoms with van der Waals surface area (Å²) in [5, 5.41) is 2.76. The molecule has 1 N–H and O–H groups in total. The molecule has 1 aromatic heterocycles. The van der Waals surface area contributed by atoms with Gasteiger partial charge in [-0.2, -0.15) is 17.5 Å². The second-order valence-corrected chi connectivity index (χ2v) is 10.3. The minimum Gasteiger partial charge on any atom is -0.354 e. The largest absolute Gasteiger partial charge is 0.417 e. The van der Waals surface area contributed by atoms with E-state index >= 15 is 0 Å². The van der Waals surface area contributed by atoms with Gasteiger partial charge in [-0.25, -0.2) is 13.4 Å². The lowest BCUT2D eigenvalue weighted by molar-refractivity contribution is -0.137. The molecule has 12 heteroatoms. The highest BCUT2D eigenvalue weighted by molar-refractivity contribution is 7.89. The molecule has 2 aromatic rings. The lowest BCUT2D eigenvalue weighted by Gasteiger charge is -2.35. The van der Waals surface area contributed by atoms with Gasteiger partial charge in [0.15, 0.2) is 0 Å². The average Bonchev–Trinajstić information content (AvgIpc) is 3.35. The Kier molecular flexibility index (Phi) is 7.10. The third kappa shape index (κ3) is 5.68. The molecule has 184 valence electrons. The highest BCUT2D eigenvalue weighted by Crippen LogP contribution is 2.29. The minimum atomic E-state index is -4.42. The molecule has 0 atom stereocenters. The van der Waals surface area contributed by atoms with Crippen LogP contribution in [0.1, 0.15) is 18.4 Å². The summed E-state index contributed by atoms with van der Waals surface area (Å²) in [6, 6.07) is 8.62. The monoisotopic (exact) mass is 497 g/mol. The van der Waals surface area contributed by atoms with Crippen LogP contribution in [0, 0.1) is 0 Å². The molecular formula is C22H26F3N5O3S. The van der Waals surface area contributed by atoms with Gasteiger partial charge >= 0.3 is 6.18 Å². The van der Waals surface area contributed by atoms with Crippen molar-refractivity contribution in [2.75, 3.05) is 56.0 Å². The van der Waals surface area contributed by atoms with Crippen molar-refractivity contribution in [3.05, 3.63) is 48.2 Å². The molecule has 3 heterocycles. The molecule has 0 unspecified atom stereocenters. The molecule has 2 aliphatic rings. The lowest BCUT2D eigenvalue weighted by atomic mass is 10.2. The number of sulfonamides is 1. The summed E-state index contributed by atoms with van der Waals surface area (Å²) >= 11 is 0. The highest BCUT2D eigenvalue weighted by atomic mass is 32.2. The third-order valence-electron chi connectivity index (χ3n) is 5.96. The molecule has 2 fully saturated rings. The van der Waals surface area contributed by atoms with Crippen molar-refractivity contribution in [2.24, 2.45) is 0 Å². The molecule has 2 saturated heterocycles. The minimum absolute atomic E-state index is 0.122. The van der Waals surface area contributed by atoms with Crippen LogP contribution in [0.2, 0.25) is 0 Å². The maximum Gasteiger partial charge on any atom is 0.417 e. The van der Waals surface area contributed by atoms with Crippen molar-refractivity contribution in [2.45, 2.75) is 23.9 Å². The number of carbonyl (C=O) groups excluding carboxylic acids is 1. The smallest absolute Gasteiger partial charge is 0.354 e. The number of pyridine rings is 1. The van der Waals surface area contributed by atoms with Gasteiger partial charge in [-0.15, -0.1) is 0 Å². The number of halogens is 3. The quantitative estimate of drug-likeness (QED) is 0.661. The van der Waals surface area contributed by atoms with Crippen LogP contribution >= 0.6 is 0 Å². The number of carbonyl (C=O) groups is 1. The van der Waals surface area contributed by atoms with E-state index in [1.807, 2.05) is 9.80 Å². The van der Waals surface area contributed by atoms with Crippen LogP contribution in [-0.4, -0.2) is 74.3 Å². The lowest BCUT2D eigenvalue weighted by Crippen LogP contribution is -2.48. The topological polar surface area (TPSA) is 85.9 Å². The molecule has 0 radical (unpaired) electrons. The zero-order valence-electron chi connectivity index (χ0n) is 18.5. The van der Waals surface area contributed by atoms with Crippen molar-refractivity contribution in [3.63, 3.8) is 0 Å². The Bertz CT molecular complexity index is 1110. The number of benzene rings is 1. The summed E-state index contributed by atoms with van der Waals surface area (Å²) in [6.45, 7) is 3.26. The van der Waals surface area contributed by atoms with Gasteiger partial charge in [-0.3, -0.25) is 9.69 Å². The number of alkyl halides is 3. The second kappa shape index (κ2) is 9.88. The number of piperazine rings is 1. The number of nitrogens with zero attached hydrogens (tertiary/aromatic N) is 4. The summed E-state index contributed by atoms with van der Waals surface area (Å²) in [5.41, 5.74) is -0.373. The maximum absolute atomic E-state index is 12.7. The zero-order valence-corrected chi connectivity index (χ0v) is 19.3. The molecule has 4 rings (SSSR count). The molecular weight excluding hydrogens is 471 g/mol. The number of anilines is 2. The van der Waals surface area contributed by atoms with E-state index in [9.17, 15) is 26.4 Å². The van der Waals surface area contributed by atoms with Crippen LogP contribution < -0.4 is 10.2 Å². The Morgan fingerprint density at radius 1 is 1.00 bits per heavy atom. The maximum atomic E-state index is 12.7. The van der Waals surface area contributed by atoms with E-state index in [1.165, 1.54) is 22.5 Å². The summed E-state index contributed by atoms with van der Waals surface area (Å²) in [5.74, 6) is 0.199. The Morgan fingerprint density at radius 2 is 1.71 bits per heavy atom. The van der Waals surface area contributed by atoms with E-state index < -0.39 is 21.8 Å². The predicted molar refractivity (Wildman–Crippen MR) is 121 cm³/mol. The van der Waals surface area contributed by atoms with Gasteiger partial charge in [0.1, 0.15) is 5.82 Å². The van der Waals surface area contributed by atoms with Crippen molar-refractivity contribution in [3.8, 4) is 0 Å². The van der Waals surface area contributed by atoms with E-state index in [4.69, 9.17) is 0 Å². The van der Waals surface area contributed by atoms with E-state index in [2.05, 4.69) is 10.3 Å². The molecule has 0 saturated carbocycles. The molecule has 2 aliphatic heterocycles. The summed E-state index contributed by atoms with van der Waals surface area (Å²) < 4.78 is 65.1. The molecule has 8 nitrogen and oxygen atoms in total. The van der Waals surface area contributed by atoms with E-state index in [-0.39, 0.29) is 17.3 Å². The van der Waals surface area contributed by atoms with Crippen LogP contribution in [0.3, 0.4) is 0 Å². The molecule has 0 aliphatic carbocycles. The van der Waals surface area contributed by atoms with Crippen LogP contribution in [0.15, 0.2) is 47.5 Å². The SMILES string of the molecule is O=C(CN1CCN(c2ccc(C(F)(F)F)cn2)CC1)Nc1cccc(S(=O)(=O)N2CCCC2)c1. The van der Waals surface area contributed by atoms with Gasteiger partial charge in [0.25, 0.3) is 0 Å². The number of aromatic nitrogens is 1. The van der Waals surface area contributed by atoms with Crippen molar-refractivity contribution in [1.29, 1.82) is 0 Å². The Morgan fingerprint density at radius 3 is 2.32 bits per heavy atom. The predicted octanol–water partition coefficient (Wildman–Crippen LogP) is 2.65. The van der Waals surface area contributed by atoms with Crippen molar-refractivity contribution >= 4 is 27.4 Å². The van der Waals surface area contributed by atoms with E-state index in [0.717, 1.165) is 25.1 Å². The van der Waals surface area contributed by atoms with E-state index in [1.54, 1.807) is 12.1 Å². The van der Waals surface area contributed by atoms with Gasteiger partial charge in [-0.05, 0) is 43.2 Å². The van der Waals surface area contributed by atoms with Crippen molar-refractivity contribution < 1.29 is 26.4 Å². The van der Waals surface area contributed by atoms with Crippen LogP contribution in [0.25, 0.3) is 0 Å². The standard InChI is InChI=1S/C22H26F3N5O3S/c23-22(24,25)17-6-7-20(26-15-17)29-12-10-28(11-13-29)16-21(31)27-18-4-3-5-19(14-18)34(32,33)30-8-1-2-9-30/h3-7,14-15H,1-2,8-13,16H2,(H,27,31). The Hall–Kier alpha value is -2.70. The second-order valence-electron chi connectivity index (χ2n) is 8.35. The van der Waals surface area contributed by atoms with Crippen molar-refractivity contribution in [1.82, 2.24) is 14.2 Å². The van der Waals surface area contributed by atoms with Gasteiger partial charge in [0.05, 0.1) is 17.0 Å². The zero-order chi connectivity index (χ0) is 24.3. The van der Waals surface area contributed by atoms with Crippen LogP contribution in [-0.2, 0) is 21.0 Å². The summed E-state index contributed by atoms with van der Waals surface area (Å²) in [4.78, 5) is 20.4. The molecule has 1 aromatic carbocycles. The number of amides is 1. The fraction of sp³-hybridized carbons (Fsp3) is 0.455. The number of hydrogen-bond acceptors (Lipinski definition) is 6. The highest BCUT2D eigenvalue weighted by Gasteiger charge is 2.31. The summed E-state index contributed by atoms with van der Waals surface area (Å²) in [7, 11) is -3.57. The van der Waals surface area contributed by atoms with E-state index in [0.29, 0.717) is 50.8 Å². The number of hydrogen-bond donors (Lipinski definition) is 1. The molecule has 34 heavy (non-hydrogen) atoms. The Balaban J connectivity index is 1.29. The fourth-order valence-electron chi connectivity index (χ4n) is 4.09.